The van der Waals surface area contributed by atoms with E-state index in [1.165, 1.54) is 14.1 Å². The summed E-state index contributed by atoms with van der Waals surface area (Å²) in [7, 11) is 87.1. The maximum absolute atomic E-state index is 7.87. The molecular formula is C94H52B22. The smallest absolute Gasteiger partial charge is 0.112 e. The summed E-state index contributed by atoms with van der Waals surface area (Å²) in [6.45, 7) is 29.0. The fraction of sp³-hybridized carbons (Fsp3) is 0.170. The molecule has 0 aliphatic heterocycles. The van der Waals surface area contributed by atoms with Crippen molar-refractivity contribution in [1.29, 1.82) is 0 Å². The summed E-state index contributed by atoms with van der Waals surface area (Å²) in [5.74, 6) is 107. The van der Waals surface area contributed by atoms with Crippen molar-refractivity contribution < 1.29 is 0 Å². The van der Waals surface area contributed by atoms with Gasteiger partial charge >= 0.3 is 0 Å². The Kier molecular flexibility index (Phi) is 30.5. The second-order valence-corrected chi connectivity index (χ2v) is 27.5. The first-order valence-corrected chi connectivity index (χ1v) is 36.6. The molecule has 0 fully saturated rings. The fourth-order valence-electron chi connectivity index (χ4n) is 15.7. The first-order chi connectivity index (χ1) is 55.5. The van der Waals surface area contributed by atoms with E-state index in [1.54, 1.807) is 20.8 Å². The Bertz CT molecular complexity index is 6950. The van der Waals surface area contributed by atoms with Gasteiger partial charge in [0.1, 0.15) is 7.85 Å². The van der Waals surface area contributed by atoms with Crippen LogP contribution in [0.15, 0.2) is 0 Å². The average molecular weight is 1420 g/mol. The van der Waals surface area contributed by atoms with Crippen molar-refractivity contribution in [2.45, 2.75) is 111 Å². The van der Waals surface area contributed by atoms with Gasteiger partial charge in [-0.25, -0.2) is 0 Å². The predicted molar refractivity (Wildman–Crippen MR) is 522 cm³/mol. The van der Waals surface area contributed by atoms with Gasteiger partial charge in [0.2, 0.25) is 0 Å². The van der Waals surface area contributed by atoms with Crippen LogP contribution in [0.3, 0.4) is 0 Å². The molecule has 8 rings (SSSR count). The highest BCUT2D eigenvalue weighted by Gasteiger charge is 2.41. The van der Waals surface area contributed by atoms with Crippen LogP contribution in [-0.4, -0.2) is 158 Å². The van der Waals surface area contributed by atoms with Crippen molar-refractivity contribution in [3.63, 3.8) is 0 Å². The highest BCUT2D eigenvalue weighted by atomic mass is 14.4. The van der Waals surface area contributed by atoms with E-state index in [4.69, 9.17) is 119 Å². The molecular weight excluding hydrogens is 1370 g/mol. The maximum atomic E-state index is 7.87. The van der Waals surface area contributed by atoms with Gasteiger partial charge in [-0.2, -0.15) is 0 Å². The molecule has 0 N–H and O–H groups in total. The predicted octanol–water partition coefficient (Wildman–Crippen LogP) is 4.20. The first kappa shape index (κ1) is 89.2. The number of fused-ring (bicyclic) bond motifs is 6. The molecule has 8 aromatic carbocycles. The van der Waals surface area contributed by atoms with Crippen LogP contribution in [0.2, 0.25) is 0 Å². The summed E-state index contributed by atoms with van der Waals surface area (Å²) in [6, 6.07) is 0. The van der Waals surface area contributed by atoms with Gasteiger partial charge in [0, 0.05) is 169 Å². The van der Waals surface area contributed by atoms with Crippen molar-refractivity contribution >= 4 is 234 Å². The Morgan fingerprint density at radius 2 is 0.586 bits per heavy atom. The van der Waals surface area contributed by atoms with Crippen LogP contribution in [0.25, 0.3) is 76.1 Å². The maximum Gasteiger partial charge on any atom is 0.115 e. The molecule has 26 radical (unpaired) electrons. The first-order valence-electron chi connectivity index (χ1n) is 36.6. The molecule has 0 nitrogen and oxygen atoms in total. The monoisotopic (exact) mass is 1420 g/mol. The van der Waals surface area contributed by atoms with Crippen molar-refractivity contribution in [3.05, 3.63) is 111 Å². The Balaban J connectivity index is 2.11. The minimum absolute atomic E-state index is 0.229. The fourth-order valence-corrected chi connectivity index (χ4v) is 15.7. The molecule has 0 aliphatic carbocycles. The molecule has 116 heavy (non-hydrogen) atoms. The molecule has 0 atom stereocenters. The summed E-state index contributed by atoms with van der Waals surface area (Å²) in [6.07, 6.45) is 17.2. The number of hydrogen-bond acceptors (Lipinski definition) is 0. The third-order valence-electron chi connectivity index (χ3n) is 21.6. The molecule has 0 saturated carbocycles. The lowest BCUT2D eigenvalue weighted by molar-refractivity contribution is 1.24. The lowest BCUT2D eigenvalue weighted by Crippen LogP contribution is -2.77. The topological polar surface area (TPSA) is 0 Å². The molecule has 22 heteroatoms. The zero-order chi connectivity index (χ0) is 85.4. The van der Waals surface area contributed by atoms with Crippen LogP contribution in [-0.2, 0) is 0 Å². The highest BCUT2D eigenvalue weighted by molar-refractivity contribution is 7.89. The van der Waals surface area contributed by atoms with Crippen LogP contribution in [0.1, 0.15) is 132 Å². The number of terminal acetylenes is 4. The van der Waals surface area contributed by atoms with Gasteiger partial charge < -0.3 is 0 Å². The quantitative estimate of drug-likeness (QED) is 0.0747. The SMILES string of the molecule is [B][B]B([B])B(B([B])[B])c1c(B(B([B])[B])B([B])[B])c(B([B][B])B([B])[B])c(C)c2c(-c3c4c(C)c(C)c(C)c(C)c4c(-c4c(C#CC#CC#CC#CC#C)c5c(C)c(C)c(C#CC)c(C#CC#C)c5c5c(C#CC#CC)c(C#CC#CC#C)c(C#CC#CC#CC)c(C#CC#CC#CC#C)c45)c4c(C)c(C)c(C)c(C)c34)c(C)c(C)c([B])c12. The van der Waals surface area contributed by atoms with E-state index in [0.717, 1.165) is 93.9 Å². The van der Waals surface area contributed by atoms with Crippen molar-refractivity contribution in [1.82, 2.24) is 0 Å². The number of rotatable bonds is 12. The van der Waals surface area contributed by atoms with Crippen LogP contribution < -0.4 is 21.9 Å². The van der Waals surface area contributed by atoms with E-state index in [-0.39, 0.29) is 16.7 Å². The molecule has 0 saturated heterocycles. The molecule has 0 unspecified atom stereocenters. The molecule has 8 aromatic rings. The van der Waals surface area contributed by atoms with Gasteiger partial charge in [-0.3, -0.25) is 0 Å². The van der Waals surface area contributed by atoms with Crippen LogP contribution in [0, 0.1) is 329 Å². The van der Waals surface area contributed by atoms with E-state index >= 15 is 0 Å². The highest BCUT2D eigenvalue weighted by Crippen LogP contribution is 2.56. The van der Waals surface area contributed by atoms with E-state index in [1.807, 2.05) is 27.7 Å². The number of benzene rings is 8. The molecule has 0 heterocycles. The van der Waals surface area contributed by atoms with Crippen LogP contribution in [0.5, 0.6) is 0 Å². The Labute approximate surface area is 711 Å². The van der Waals surface area contributed by atoms with Crippen molar-refractivity contribution in [2.75, 3.05) is 0 Å². The van der Waals surface area contributed by atoms with Gasteiger partial charge in [0.05, 0.1) is 47.3 Å². The van der Waals surface area contributed by atoms with E-state index in [2.05, 4.69) is 275 Å². The number of hydrogen-bond donors (Lipinski definition) is 0. The standard InChI is InChI=1S/C94H52B22/c1-21-28-34-38-40-41-44-49-56-76-77-66(17)61(12)70(50-27-7)73(51-33-26-6)84(77)85-74(54-45-32-25-5)71(52-46-37-31-24-4)72(53-47-42-36-30-23-3)75(55-48-43-39-35-29-22-2)86(85)87(76)89-80-64(15)59(10)57(8)62(13)78(80)88(79-63(14)58(9)60(11)65(16)81(79)89)82-67(18)68(19)91(95)90-83(82)69(20)92(109(107-96)112(98)99)94(110(113(100)101)114(102)103)93(90)111(115(104)105)116(106)108-97/h1-2,4,6H,3,5,7-20H3. The molecule has 0 bridgehead atoms. The summed E-state index contributed by atoms with van der Waals surface area (Å²) in [5, 5.41) is 6.27. The van der Waals surface area contributed by atoms with Crippen molar-refractivity contribution in [3.8, 4) is 261 Å². The van der Waals surface area contributed by atoms with Gasteiger partial charge in [-0.05, 0) is 375 Å². The van der Waals surface area contributed by atoms with Gasteiger partial charge in [-0.15, -0.1) is 42.5 Å². The third kappa shape index (κ3) is 16.9. The van der Waals surface area contributed by atoms with Crippen LogP contribution >= 0.6 is 0 Å². The van der Waals surface area contributed by atoms with Crippen LogP contribution in [0.4, 0.5) is 0 Å². The second-order valence-electron chi connectivity index (χ2n) is 27.5. The second kappa shape index (κ2) is 39.6. The molecule has 0 aromatic heterocycles. The van der Waals surface area contributed by atoms with Gasteiger partial charge in [0.25, 0.3) is 0 Å². The Hall–Kier alpha value is -12.3. The number of aryl methyl sites for hydroxylation is 6. The summed E-state index contributed by atoms with van der Waals surface area (Å²) < 4.78 is 0. The third-order valence-corrected chi connectivity index (χ3v) is 21.6. The summed E-state index contributed by atoms with van der Waals surface area (Å²) in [4.78, 5) is 0. The van der Waals surface area contributed by atoms with Gasteiger partial charge in [-0.1, -0.05) is 75.3 Å². The minimum Gasteiger partial charge on any atom is -0.112 e. The van der Waals surface area contributed by atoms with Crippen molar-refractivity contribution in [2.24, 2.45) is 0 Å². The van der Waals surface area contributed by atoms with Gasteiger partial charge in [0.15, 0.2) is 0 Å². The zero-order valence-electron chi connectivity index (χ0n) is 68.0. The average Bonchev–Trinajstić information content (AvgIpc) is 0.676. The van der Waals surface area contributed by atoms with E-state index in [0.29, 0.717) is 98.7 Å². The van der Waals surface area contributed by atoms with E-state index in [9.17, 15) is 0 Å². The lowest BCUT2D eigenvalue weighted by atomic mass is 8.66. The normalized spacial score (nSPS) is 9.17. The molecule has 0 amide bonds. The minimum atomic E-state index is -1.25. The Morgan fingerprint density at radius 3 is 1.00 bits per heavy atom. The largest absolute Gasteiger partial charge is 0.115 e. The molecule has 494 valence electrons. The summed E-state index contributed by atoms with van der Waals surface area (Å²) >= 11 is 0. The van der Waals surface area contributed by atoms with E-state index < -0.39 is 51.4 Å². The Morgan fingerprint density at radius 1 is 0.241 bits per heavy atom. The molecule has 0 aliphatic rings. The molecule has 0 spiro atoms. The summed E-state index contributed by atoms with van der Waals surface area (Å²) in [5.41, 5.74) is 17.9. The zero-order valence-corrected chi connectivity index (χ0v) is 68.0. The lowest BCUT2D eigenvalue weighted by Gasteiger charge is -2.40.